The molecule has 176 valence electrons. The molecular formula is C22H20BrF2O6PS. The van der Waals surface area contributed by atoms with Crippen LogP contribution in [0.25, 0.3) is 11.1 Å². The number of rotatable bonds is 7. The Hall–Kier alpha value is -1.94. The first-order chi connectivity index (χ1) is 15.3. The third-order valence-electron chi connectivity index (χ3n) is 5.03. The van der Waals surface area contributed by atoms with E-state index in [1.54, 1.807) is 42.5 Å². The zero-order chi connectivity index (χ0) is 24.6. The van der Waals surface area contributed by atoms with Crippen LogP contribution in [0.2, 0.25) is 0 Å². The molecule has 0 aromatic heterocycles. The molecule has 11 heteroatoms. The largest absolute Gasteiger partial charge is 0.399 e. The topological polar surface area (TPSA) is 101 Å². The lowest BCUT2D eigenvalue weighted by Gasteiger charge is -2.22. The van der Waals surface area contributed by atoms with Gasteiger partial charge in [-0.25, -0.2) is 8.42 Å². The Morgan fingerprint density at radius 1 is 0.970 bits per heavy atom. The molecule has 0 fully saturated rings. The Kier molecular flexibility index (Phi) is 7.29. The van der Waals surface area contributed by atoms with E-state index in [1.165, 1.54) is 25.3 Å². The molecule has 33 heavy (non-hydrogen) atoms. The molecular weight excluding hydrogens is 541 g/mol. The highest BCUT2D eigenvalue weighted by atomic mass is 79.9. The van der Waals surface area contributed by atoms with E-state index in [0.717, 1.165) is 17.9 Å². The van der Waals surface area contributed by atoms with Crippen LogP contribution < -0.4 is 0 Å². The second-order valence-corrected chi connectivity index (χ2v) is 11.9. The molecule has 1 atom stereocenters. The van der Waals surface area contributed by atoms with Crippen molar-refractivity contribution in [3.05, 3.63) is 87.9 Å². The zero-order valence-electron chi connectivity index (χ0n) is 17.4. The minimum Gasteiger partial charge on any atom is -0.372 e. The van der Waals surface area contributed by atoms with E-state index >= 15 is 0 Å². The molecule has 0 aliphatic heterocycles. The highest BCUT2D eigenvalue weighted by molar-refractivity contribution is 9.10. The zero-order valence-corrected chi connectivity index (χ0v) is 20.7. The maximum absolute atomic E-state index is 14.1. The standard InChI is InChI=1S/C22H20BrF2O6PS/c1-31-21(17-10-11-19(20(23)13-17)22(24,25)32(26,27)28)15-8-6-14(7-9-15)16-4-3-5-18(12-16)33(2,29)30/h3-13,21H,1-2H3,(H2,26,27,28). The fourth-order valence-corrected chi connectivity index (χ4v) is 5.29. The van der Waals surface area contributed by atoms with Crippen LogP contribution in [0, 0.1) is 0 Å². The lowest BCUT2D eigenvalue weighted by molar-refractivity contribution is 0.0556. The van der Waals surface area contributed by atoms with Crippen LogP contribution >= 0.6 is 23.5 Å². The molecule has 0 bridgehead atoms. The van der Waals surface area contributed by atoms with E-state index in [4.69, 9.17) is 14.5 Å². The summed E-state index contributed by atoms with van der Waals surface area (Å²) in [6.45, 7) is 0. The molecule has 0 radical (unpaired) electrons. The number of methoxy groups -OCH3 is 1. The molecule has 0 heterocycles. The lowest BCUT2D eigenvalue weighted by atomic mass is 9.97. The first-order valence-corrected chi connectivity index (χ1v) is 13.7. The summed E-state index contributed by atoms with van der Waals surface area (Å²) < 4.78 is 68.4. The maximum Gasteiger partial charge on any atom is 0.399 e. The van der Waals surface area contributed by atoms with Crippen LogP contribution in [0.3, 0.4) is 0 Å². The number of halogens is 3. The van der Waals surface area contributed by atoms with Crippen molar-refractivity contribution in [2.45, 2.75) is 16.7 Å². The van der Waals surface area contributed by atoms with Crippen LogP contribution in [0.5, 0.6) is 0 Å². The van der Waals surface area contributed by atoms with E-state index in [2.05, 4.69) is 15.9 Å². The fourth-order valence-electron chi connectivity index (χ4n) is 3.32. The van der Waals surface area contributed by atoms with Crippen molar-refractivity contribution >= 4 is 33.4 Å². The van der Waals surface area contributed by atoms with E-state index < -0.39 is 34.8 Å². The highest BCUT2D eigenvalue weighted by Crippen LogP contribution is 2.60. The predicted octanol–water partition coefficient (Wildman–Crippen LogP) is 5.48. The van der Waals surface area contributed by atoms with E-state index in [-0.39, 0.29) is 9.37 Å². The van der Waals surface area contributed by atoms with Gasteiger partial charge in [-0.2, -0.15) is 8.78 Å². The van der Waals surface area contributed by atoms with Gasteiger partial charge in [-0.1, -0.05) is 64.5 Å². The molecule has 1 unspecified atom stereocenters. The Bertz CT molecular complexity index is 1320. The first kappa shape index (κ1) is 25.7. The van der Waals surface area contributed by atoms with Crippen LogP contribution in [0.4, 0.5) is 8.78 Å². The lowest BCUT2D eigenvalue weighted by Crippen LogP contribution is -2.15. The number of benzene rings is 3. The van der Waals surface area contributed by atoms with Crippen molar-refractivity contribution in [3.8, 4) is 11.1 Å². The van der Waals surface area contributed by atoms with E-state index in [9.17, 15) is 21.8 Å². The molecule has 0 saturated heterocycles. The summed E-state index contributed by atoms with van der Waals surface area (Å²) >= 11 is 2.98. The van der Waals surface area contributed by atoms with E-state index in [0.29, 0.717) is 16.7 Å². The molecule has 3 aromatic rings. The number of sulfone groups is 1. The van der Waals surface area contributed by atoms with Gasteiger partial charge in [0.1, 0.15) is 6.10 Å². The summed E-state index contributed by atoms with van der Waals surface area (Å²) in [4.78, 5) is 18.2. The minimum atomic E-state index is -5.70. The molecule has 6 nitrogen and oxygen atoms in total. The third-order valence-corrected chi connectivity index (χ3v) is 7.77. The van der Waals surface area contributed by atoms with Gasteiger partial charge in [-0.05, 0) is 40.5 Å². The van der Waals surface area contributed by atoms with Gasteiger partial charge in [0, 0.05) is 23.4 Å². The van der Waals surface area contributed by atoms with Crippen LogP contribution in [0.15, 0.2) is 76.1 Å². The number of hydrogen-bond donors (Lipinski definition) is 2. The summed E-state index contributed by atoms with van der Waals surface area (Å²) in [6, 6.07) is 17.3. The molecule has 2 N–H and O–H groups in total. The fraction of sp³-hybridized carbons (Fsp3) is 0.182. The second-order valence-electron chi connectivity index (χ2n) is 7.36. The molecule has 0 spiro atoms. The molecule has 0 aliphatic rings. The number of hydrogen-bond acceptors (Lipinski definition) is 4. The van der Waals surface area contributed by atoms with Gasteiger partial charge in [0.05, 0.1) is 4.90 Å². The second kappa shape index (κ2) is 9.37. The molecule has 0 saturated carbocycles. The number of alkyl halides is 2. The third kappa shape index (κ3) is 5.42. The summed E-state index contributed by atoms with van der Waals surface area (Å²) in [6.07, 6.45) is 0.493. The number of ether oxygens (including phenoxy) is 1. The summed E-state index contributed by atoms with van der Waals surface area (Å²) in [5.41, 5.74) is -2.49. The Labute approximate surface area is 198 Å². The monoisotopic (exact) mass is 560 g/mol. The maximum atomic E-state index is 14.1. The van der Waals surface area contributed by atoms with Crippen LogP contribution in [-0.4, -0.2) is 31.6 Å². The van der Waals surface area contributed by atoms with Crippen molar-refractivity contribution in [2.24, 2.45) is 0 Å². The quantitative estimate of drug-likeness (QED) is 0.371. The van der Waals surface area contributed by atoms with Crippen molar-refractivity contribution in [1.82, 2.24) is 0 Å². The van der Waals surface area contributed by atoms with Crippen molar-refractivity contribution in [3.63, 3.8) is 0 Å². The molecule has 0 amide bonds. The molecule has 0 aliphatic carbocycles. The van der Waals surface area contributed by atoms with Crippen LogP contribution in [0.1, 0.15) is 22.8 Å². The highest BCUT2D eigenvalue weighted by Gasteiger charge is 2.51. The Balaban J connectivity index is 1.94. The molecule has 3 aromatic carbocycles. The average molecular weight is 561 g/mol. The SMILES string of the molecule is COC(c1ccc(-c2cccc(S(C)(=O)=O)c2)cc1)c1ccc(C(F)(F)P(=O)(O)O)c(Br)c1. The van der Waals surface area contributed by atoms with Crippen molar-refractivity contribution in [1.29, 1.82) is 0 Å². The van der Waals surface area contributed by atoms with Gasteiger partial charge >= 0.3 is 13.3 Å². The van der Waals surface area contributed by atoms with E-state index in [1.807, 2.05) is 0 Å². The predicted molar refractivity (Wildman–Crippen MR) is 124 cm³/mol. The smallest absolute Gasteiger partial charge is 0.372 e. The first-order valence-electron chi connectivity index (χ1n) is 9.42. The van der Waals surface area contributed by atoms with Gasteiger partial charge < -0.3 is 14.5 Å². The summed E-state index contributed by atoms with van der Waals surface area (Å²) in [7, 11) is -7.61. The minimum absolute atomic E-state index is 0.162. The van der Waals surface area contributed by atoms with Crippen molar-refractivity contribution in [2.75, 3.05) is 13.4 Å². The Morgan fingerprint density at radius 3 is 2.09 bits per heavy atom. The van der Waals surface area contributed by atoms with Crippen LogP contribution in [-0.2, 0) is 24.8 Å². The van der Waals surface area contributed by atoms with Gasteiger partial charge in [0.2, 0.25) is 0 Å². The summed E-state index contributed by atoms with van der Waals surface area (Å²) in [5, 5.41) is 0. The van der Waals surface area contributed by atoms with Gasteiger partial charge in [0.25, 0.3) is 0 Å². The average Bonchev–Trinajstić information content (AvgIpc) is 2.73. The van der Waals surface area contributed by atoms with Crippen molar-refractivity contribution < 1.29 is 36.3 Å². The molecule has 3 rings (SSSR count). The van der Waals surface area contributed by atoms with Gasteiger partial charge in [-0.3, -0.25) is 4.57 Å². The Morgan fingerprint density at radius 2 is 1.58 bits per heavy atom. The van der Waals surface area contributed by atoms with Gasteiger partial charge in [0.15, 0.2) is 9.84 Å². The summed E-state index contributed by atoms with van der Waals surface area (Å²) in [5.74, 6) is 0. The van der Waals surface area contributed by atoms with Gasteiger partial charge in [-0.15, -0.1) is 0 Å². The normalized spacial score (nSPS) is 13.7.